The maximum atomic E-state index is 12.5. The number of rotatable bonds is 10. The molecule has 2 aromatic carbocycles. The van der Waals surface area contributed by atoms with E-state index in [9.17, 15) is 19.7 Å². The fraction of sp³-hybridized carbons (Fsp3) is 0.300. The number of hydrogen-bond donors (Lipinski definition) is 0. The maximum absolute atomic E-state index is 12.5. The molecule has 10 heteroatoms. The number of carbonyl (C=O) groups excluding carboxylic acids is 2. The van der Waals surface area contributed by atoms with Crippen LogP contribution in [0.3, 0.4) is 0 Å². The lowest BCUT2D eigenvalue weighted by Gasteiger charge is -2.12. The molecule has 0 spiro atoms. The second kappa shape index (κ2) is 10.1. The Morgan fingerprint density at radius 3 is 2.20 bits per heavy atom. The number of ketones is 1. The largest absolute Gasteiger partial charge is 0.497 e. The van der Waals surface area contributed by atoms with E-state index in [1.807, 2.05) is 0 Å². The van der Waals surface area contributed by atoms with E-state index in [1.54, 1.807) is 13.0 Å². The first-order valence-electron chi connectivity index (χ1n) is 8.77. The van der Waals surface area contributed by atoms with Gasteiger partial charge in [-0.05, 0) is 25.1 Å². The highest BCUT2D eigenvalue weighted by molar-refractivity contribution is 6.02. The molecule has 0 aliphatic carbocycles. The van der Waals surface area contributed by atoms with Crippen LogP contribution in [0.4, 0.5) is 5.69 Å². The average molecular weight is 419 g/mol. The van der Waals surface area contributed by atoms with Crippen molar-refractivity contribution in [3.63, 3.8) is 0 Å². The lowest BCUT2D eigenvalue weighted by molar-refractivity contribution is -0.385. The summed E-state index contributed by atoms with van der Waals surface area (Å²) >= 11 is 0. The van der Waals surface area contributed by atoms with Crippen LogP contribution in [-0.2, 0) is 4.74 Å². The summed E-state index contributed by atoms with van der Waals surface area (Å²) in [6.45, 7) is 1.30. The monoisotopic (exact) mass is 419 g/mol. The normalized spacial score (nSPS) is 10.1. The lowest BCUT2D eigenvalue weighted by Crippen LogP contribution is -2.16. The van der Waals surface area contributed by atoms with E-state index >= 15 is 0 Å². The molecule has 0 saturated heterocycles. The third-order valence-electron chi connectivity index (χ3n) is 4.04. The van der Waals surface area contributed by atoms with Crippen molar-refractivity contribution in [1.29, 1.82) is 0 Å². The molecule has 0 amide bonds. The van der Waals surface area contributed by atoms with E-state index < -0.39 is 29.0 Å². The van der Waals surface area contributed by atoms with Crippen molar-refractivity contribution in [2.45, 2.75) is 6.92 Å². The highest BCUT2D eigenvalue weighted by atomic mass is 16.6. The molecule has 0 atom stereocenters. The zero-order chi connectivity index (χ0) is 22.3. The molecule has 0 aromatic heterocycles. The molecule has 30 heavy (non-hydrogen) atoms. The summed E-state index contributed by atoms with van der Waals surface area (Å²) in [5, 5.41) is 11.4. The summed E-state index contributed by atoms with van der Waals surface area (Å²) in [6.07, 6.45) is 0. The Hall–Kier alpha value is -3.82. The van der Waals surface area contributed by atoms with E-state index in [0.717, 1.165) is 12.1 Å². The number of esters is 1. The first-order valence-corrected chi connectivity index (χ1v) is 8.77. The van der Waals surface area contributed by atoms with Crippen molar-refractivity contribution in [3.8, 4) is 23.0 Å². The first kappa shape index (κ1) is 22.5. The molecule has 10 nitrogen and oxygen atoms in total. The summed E-state index contributed by atoms with van der Waals surface area (Å²) in [5.41, 5.74) is -0.759. The second-order valence-electron chi connectivity index (χ2n) is 5.78. The molecule has 160 valence electrons. The molecule has 0 aliphatic rings. The number of Topliss-reactive ketones (excluding diaryl/α,β-unsaturated/α-hetero) is 1. The Balaban J connectivity index is 2.28. The van der Waals surface area contributed by atoms with Crippen molar-refractivity contribution in [1.82, 2.24) is 0 Å². The smallest absolute Gasteiger partial charge is 0.345 e. The molecule has 0 radical (unpaired) electrons. The van der Waals surface area contributed by atoms with Crippen LogP contribution in [0.25, 0.3) is 0 Å². The van der Waals surface area contributed by atoms with Gasteiger partial charge in [-0.1, -0.05) is 0 Å². The van der Waals surface area contributed by atoms with Crippen molar-refractivity contribution in [2.24, 2.45) is 0 Å². The fourth-order valence-electron chi connectivity index (χ4n) is 2.61. The Morgan fingerprint density at radius 2 is 1.63 bits per heavy atom. The highest BCUT2D eigenvalue weighted by Gasteiger charge is 2.27. The Labute approximate surface area is 172 Å². The van der Waals surface area contributed by atoms with Crippen molar-refractivity contribution >= 4 is 17.4 Å². The number of nitro benzene ring substituents is 1. The number of nitrogens with zero attached hydrogens (tertiary/aromatic N) is 1. The van der Waals surface area contributed by atoms with Crippen LogP contribution in [0, 0.1) is 10.1 Å². The number of ether oxygens (including phenoxy) is 5. The van der Waals surface area contributed by atoms with Crippen LogP contribution in [0.5, 0.6) is 23.0 Å². The van der Waals surface area contributed by atoms with Crippen molar-refractivity contribution in [2.75, 3.05) is 34.5 Å². The van der Waals surface area contributed by atoms with Gasteiger partial charge in [-0.3, -0.25) is 14.9 Å². The van der Waals surface area contributed by atoms with Crippen LogP contribution in [0.1, 0.15) is 27.6 Å². The van der Waals surface area contributed by atoms with Gasteiger partial charge in [-0.25, -0.2) is 4.79 Å². The average Bonchev–Trinajstić information content (AvgIpc) is 2.76. The summed E-state index contributed by atoms with van der Waals surface area (Å²) in [4.78, 5) is 35.7. The predicted molar refractivity (Wildman–Crippen MR) is 105 cm³/mol. The second-order valence-corrected chi connectivity index (χ2v) is 5.78. The van der Waals surface area contributed by atoms with E-state index in [-0.39, 0.29) is 35.0 Å². The predicted octanol–water partition coefficient (Wildman–Crippen LogP) is 3.06. The number of carbonyl (C=O) groups is 2. The van der Waals surface area contributed by atoms with Gasteiger partial charge in [0.05, 0.1) is 44.5 Å². The standard InChI is InChI=1S/C20H21NO9/c1-5-29-19-9-13(15(21(24)25)10-18(19)28-4)20(23)30-11-16(22)14-8-12(26-2)6-7-17(14)27-3/h6-10H,5,11H2,1-4H3. The molecule has 0 bridgehead atoms. The van der Waals surface area contributed by atoms with Crippen LogP contribution >= 0.6 is 0 Å². The third-order valence-corrected chi connectivity index (χ3v) is 4.04. The van der Waals surface area contributed by atoms with E-state index in [1.165, 1.54) is 33.5 Å². The number of hydrogen-bond acceptors (Lipinski definition) is 9. The van der Waals surface area contributed by atoms with Crippen molar-refractivity contribution < 1.29 is 38.2 Å². The molecule has 0 heterocycles. The molecule has 0 fully saturated rings. The SMILES string of the molecule is CCOc1cc(C(=O)OCC(=O)c2cc(OC)ccc2OC)c([N+](=O)[O-])cc1OC. The Kier molecular flexibility index (Phi) is 7.56. The molecule has 2 aromatic rings. The number of benzene rings is 2. The van der Waals surface area contributed by atoms with E-state index in [4.69, 9.17) is 23.7 Å². The molecule has 0 unspecified atom stereocenters. The molecular weight excluding hydrogens is 398 g/mol. The summed E-state index contributed by atoms with van der Waals surface area (Å²) < 4.78 is 25.7. The summed E-state index contributed by atoms with van der Waals surface area (Å²) in [6, 6.07) is 6.81. The molecule has 0 aliphatic heterocycles. The van der Waals surface area contributed by atoms with Crippen LogP contribution in [0.15, 0.2) is 30.3 Å². The van der Waals surface area contributed by atoms with Gasteiger partial charge in [0.25, 0.3) is 5.69 Å². The topological polar surface area (TPSA) is 123 Å². The van der Waals surface area contributed by atoms with Crippen LogP contribution < -0.4 is 18.9 Å². The minimum atomic E-state index is -1.06. The first-order chi connectivity index (χ1) is 14.4. The van der Waals surface area contributed by atoms with Gasteiger partial charge < -0.3 is 23.7 Å². The number of nitro groups is 1. The van der Waals surface area contributed by atoms with Gasteiger partial charge in [0, 0.05) is 6.07 Å². The zero-order valence-electron chi connectivity index (χ0n) is 16.9. The Morgan fingerprint density at radius 1 is 0.933 bits per heavy atom. The van der Waals surface area contributed by atoms with Gasteiger partial charge >= 0.3 is 5.97 Å². The van der Waals surface area contributed by atoms with Gasteiger partial charge in [-0.2, -0.15) is 0 Å². The van der Waals surface area contributed by atoms with Crippen LogP contribution in [-0.4, -0.2) is 51.2 Å². The van der Waals surface area contributed by atoms with E-state index in [2.05, 4.69) is 0 Å². The maximum Gasteiger partial charge on any atom is 0.345 e. The van der Waals surface area contributed by atoms with Gasteiger partial charge in [0.1, 0.15) is 17.1 Å². The summed E-state index contributed by atoms with van der Waals surface area (Å²) in [5.74, 6) is -0.708. The quantitative estimate of drug-likeness (QED) is 0.247. The van der Waals surface area contributed by atoms with Gasteiger partial charge in [0.15, 0.2) is 18.1 Å². The molecular formula is C20H21NO9. The zero-order valence-corrected chi connectivity index (χ0v) is 16.9. The minimum absolute atomic E-state index is 0.0947. The van der Waals surface area contributed by atoms with Crippen LogP contribution in [0.2, 0.25) is 0 Å². The summed E-state index contributed by atoms with van der Waals surface area (Å²) in [7, 11) is 4.15. The Bertz CT molecular complexity index is 956. The van der Waals surface area contributed by atoms with Gasteiger partial charge in [0.2, 0.25) is 5.78 Å². The fourth-order valence-corrected chi connectivity index (χ4v) is 2.61. The van der Waals surface area contributed by atoms with Crippen molar-refractivity contribution in [3.05, 3.63) is 51.6 Å². The molecule has 0 saturated carbocycles. The molecule has 0 N–H and O–H groups in total. The van der Waals surface area contributed by atoms with E-state index in [0.29, 0.717) is 5.75 Å². The lowest BCUT2D eigenvalue weighted by atomic mass is 10.1. The minimum Gasteiger partial charge on any atom is -0.497 e. The van der Waals surface area contributed by atoms with Gasteiger partial charge in [-0.15, -0.1) is 0 Å². The number of methoxy groups -OCH3 is 3. The third kappa shape index (κ3) is 4.96. The highest BCUT2D eigenvalue weighted by Crippen LogP contribution is 2.35. The molecule has 2 rings (SSSR count).